The molecule has 7 atom stereocenters. The normalized spacial score (nSPS) is 51.8. The monoisotopic (exact) mass is 255 g/mol. The van der Waals surface area contributed by atoms with Crippen molar-refractivity contribution in [2.24, 2.45) is 11.8 Å². The number of aliphatic hydroxyl groups is 1. The standard InChI is InChI=1S/C14H25NO3/c1-8-11-6-9(7-16)18-14(11)10-4-3-5-12(17-2)13(10)15-8/h8-16H,3-7H2,1-2H3/t8?,9-,10?,11?,12?,13?,14?/m0/s1. The van der Waals surface area contributed by atoms with Crippen LogP contribution in [0.2, 0.25) is 0 Å². The lowest BCUT2D eigenvalue weighted by Gasteiger charge is -2.48. The fraction of sp³-hybridized carbons (Fsp3) is 1.00. The van der Waals surface area contributed by atoms with Crippen LogP contribution in [0.4, 0.5) is 0 Å². The molecule has 2 N–H and O–H groups in total. The predicted octanol–water partition coefficient (Wildman–Crippen LogP) is 0.928. The fourth-order valence-corrected chi connectivity index (χ4v) is 4.32. The van der Waals surface area contributed by atoms with Crippen molar-refractivity contribution in [3.63, 3.8) is 0 Å². The first-order chi connectivity index (χ1) is 8.74. The van der Waals surface area contributed by atoms with Crippen LogP contribution in [0.1, 0.15) is 32.6 Å². The molecule has 3 aliphatic rings. The van der Waals surface area contributed by atoms with E-state index in [2.05, 4.69) is 12.2 Å². The highest BCUT2D eigenvalue weighted by atomic mass is 16.5. The third-order valence-electron chi connectivity index (χ3n) is 5.22. The zero-order chi connectivity index (χ0) is 12.7. The van der Waals surface area contributed by atoms with E-state index in [0.717, 1.165) is 12.8 Å². The van der Waals surface area contributed by atoms with E-state index < -0.39 is 0 Å². The number of rotatable bonds is 2. The maximum Gasteiger partial charge on any atom is 0.0814 e. The number of methoxy groups -OCH3 is 1. The number of ether oxygens (including phenoxy) is 2. The molecule has 2 heterocycles. The van der Waals surface area contributed by atoms with E-state index >= 15 is 0 Å². The van der Waals surface area contributed by atoms with Crippen LogP contribution in [0.5, 0.6) is 0 Å². The minimum absolute atomic E-state index is 0.0471. The zero-order valence-corrected chi connectivity index (χ0v) is 11.3. The van der Waals surface area contributed by atoms with Gasteiger partial charge in [-0.25, -0.2) is 0 Å². The average Bonchev–Trinajstić information content (AvgIpc) is 2.83. The average molecular weight is 255 g/mol. The van der Waals surface area contributed by atoms with E-state index in [1.54, 1.807) is 0 Å². The largest absolute Gasteiger partial charge is 0.394 e. The van der Waals surface area contributed by atoms with Gasteiger partial charge in [0, 0.05) is 31.0 Å². The van der Waals surface area contributed by atoms with Gasteiger partial charge in [-0.3, -0.25) is 0 Å². The smallest absolute Gasteiger partial charge is 0.0814 e. The van der Waals surface area contributed by atoms with Crippen LogP contribution < -0.4 is 5.32 Å². The molecule has 3 rings (SSSR count). The topological polar surface area (TPSA) is 50.7 Å². The number of hydrogen-bond acceptors (Lipinski definition) is 4. The molecule has 0 spiro atoms. The first kappa shape index (κ1) is 12.9. The second-order valence-electron chi connectivity index (χ2n) is 6.15. The molecule has 0 amide bonds. The van der Waals surface area contributed by atoms with Gasteiger partial charge >= 0.3 is 0 Å². The molecule has 0 radical (unpaired) electrons. The van der Waals surface area contributed by atoms with E-state index in [0.29, 0.717) is 36.1 Å². The van der Waals surface area contributed by atoms with Crippen molar-refractivity contribution in [1.29, 1.82) is 0 Å². The number of nitrogens with one attached hydrogen (secondary N) is 1. The summed E-state index contributed by atoms with van der Waals surface area (Å²) >= 11 is 0. The van der Waals surface area contributed by atoms with Gasteiger partial charge in [0.1, 0.15) is 0 Å². The second-order valence-corrected chi connectivity index (χ2v) is 6.15. The first-order valence-electron chi connectivity index (χ1n) is 7.29. The van der Waals surface area contributed by atoms with Crippen molar-refractivity contribution in [2.75, 3.05) is 13.7 Å². The highest BCUT2D eigenvalue weighted by Gasteiger charge is 2.51. The SMILES string of the molecule is COC1CCCC2C1NC(C)C1C[C@@H](CO)OC12. The molecular formula is C14H25NO3. The number of piperidine rings is 1. The maximum absolute atomic E-state index is 9.32. The zero-order valence-electron chi connectivity index (χ0n) is 11.3. The molecule has 0 aromatic heterocycles. The van der Waals surface area contributed by atoms with Crippen molar-refractivity contribution in [2.45, 2.75) is 63.0 Å². The molecule has 18 heavy (non-hydrogen) atoms. The minimum Gasteiger partial charge on any atom is -0.394 e. The molecule has 4 nitrogen and oxygen atoms in total. The molecule has 4 heteroatoms. The van der Waals surface area contributed by atoms with Crippen LogP contribution in [0, 0.1) is 11.8 Å². The quantitative estimate of drug-likeness (QED) is 0.770. The van der Waals surface area contributed by atoms with Gasteiger partial charge in [0.25, 0.3) is 0 Å². The Balaban J connectivity index is 1.79. The van der Waals surface area contributed by atoms with Crippen molar-refractivity contribution < 1.29 is 14.6 Å². The minimum atomic E-state index is 0.0471. The Kier molecular flexibility index (Phi) is 3.63. The molecule has 1 aliphatic carbocycles. The van der Waals surface area contributed by atoms with E-state index in [1.165, 1.54) is 12.8 Å². The molecule has 2 aliphatic heterocycles. The number of hydrogen-bond donors (Lipinski definition) is 2. The molecule has 104 valence electrons. The molecule has 6 unspecified atom stereocenters. The van der Waals surface area contributed by atoms with Gasteiger partial charge in [-0.15, -0.1) is 0 Å². The second kappa shape index (κ2) is 5.08. The van der Waals surface area contributed by atoms with E-state index in [4.69, 9.17) is 9.47 Å². The molecule has 0 aromatic carbocycles. The Morgan fingerprint density at radius 2 is 2.17 bits per heavy atom. The third-order valence-corrected chi connectivity index (χ3v) is 5.22. The molecular weight excluding hydrogens is 230 g/mol. The van der Waals surface area contributed by atoms with Crippen molar-refractivity contribution in [1.82, 2.24) is 5.32 Å². The van der Waals surface area contributed by atoms with Crippen LogP contribution >= 0.6 is 0 Å². The van der Waals surface area contributed by atoms with E-state index in [-0.39, 0.29) is 12.7 Å². The Bertz CT molecular complexity index is 299. The van der Waals surface area contributed by atoms with Crippen molar-refractivity contribution >= 4 is 0 Å². The van der Waals surface area contributed by atoms with Crippen molar-refractivity contribution in [3.05, 3.63) is 0 Å². The summed E-state index contributed by atoms with van der Waals surface area (Å²) in [6.07, 6.45) is 5.29. The van der Waals surface area contributed by atoms with Crippen LogP contribution in [0.3, 0.4) is 0 Å². The Morgan fingerprint density at radius 3 is 2.89 bits per heavy atom. The van der Waals surface area contributed by atoms with Crippen LogP contribution in [-0.2, 0) is 9.47 Å². The highest BCUT2D eigenvalue weighted by Crippen LogP contribution is 2.43. The van der Waals surface area contributed by atoms with Crippen LogP contribution in [0.15, 0.2) is 0 Å². The number of fused-ring (bicyclic) bond motifs is 3. The van der Waals surface area contributed by atoms with Gasteiger partial charge in [-0.2, -0.15) is 0 Å². The third kappa shape index (κ3) is 1.99. The molecule has 2 saturated heterocycles. The summed E-state index contributed by atoms with van der Waals surface area (Å²) in [6.45, 7) is 2.41. The lowest BCUT2D eigenvalue weighted by molar-refractivity contribution is -0.0914. The summed E-state index contributed by atoms with van der Waals surface area (Å²) in [5.74, 6) is 1.11. The Morgan fingerprint density at radius 1 is 1.33 bits per heavy atom. The first-order valence-corrected chi connectivity index (χ1v) is 7.29. The van der Waals surface area contributed by atoms with Gasteiger partial charge in [0.05, 0.1) is 24.9 Å². The Labute approximate surface area is 109 Å². The van der Waals surface area contributed by atoms with Crippen LogP contribution in [0.25, 0.3) is 0 Å². The summed E-state index contributed by atoms with van der Waals surface area (Å²) in [5, 5.41) is 13.1. The van der Waals surface area contributed by atoms with Gasteiger partial charge in [-0.05, 0) is 26.2 Å². The summed E-state index contributed by atoms with van der Waals surface area (Å²) < 4.78 is 11.7. The highest BCUT2D eigenvalue weighted by molar-refractivity contribution is 5.04. The van der Waals surface area contributed by atoms with Crippen molar-refractivity contribution in [3.8, 4) is 0 Å². The van der Waals surface area contributed by atoms with Crippen LogP contribution in [-0.4, -0.2) is 49.2 Å². The lowest BCUT2D eigenvalue weighted by atomic mass is 9.70. The lowest BCUT2D eigenvalue weighted by Crippen LogP contribution is -2.62. The molecule has 0 bridgehead atoms. The van der Waals surface area contributed by atoms with Gasteiger partial charge in [-0.1, -0.05) is 6.42 Å². The summed E-state index contributed by atoms with van der Waals surface area (Å²) in [6, 6.07) is 0.890. The van der Waals surface area contributed by atoms with Gasteiger partial charge in [0.15, 0.2) is 0 Å². The van der Waals surface area contributed by atoms with E-state index in [1.807, 2.05) is 7.11 Å². The molecule has 1 saturated carbocycles. The summed E-state index contributed by atoms with van der Waals surface area (Å²) in [4.78, 5) is 0. The fourth-order valence-electron chi connectivity index (χ4n) is 4.32. The number of aliphatic hydroxyl groups excluding tert-OH is 1. The van der Waals surface area contributed by atoms with Gasteiger partial charge < -0.3 is 19.9 Å². The Hall–Kier alpha value is -0.160. The molecule has 0 aromatic rings. The maximum atomic E-state index is 9.32. The van der Waals surface area contributed by atoms with E-state index in [9.17, 15) is 5.11 Å². The van der Waals surface area contributed by atoms with Gasteiger partial charge in [0.2, 0.25) is 0 Å². The predicted molar refractivity (Wildman–Crippen MR) is 68.4 cm³/mol. The summed E-state index contributed by atoms with van der Waals surface area (Å²) in [7, 11) is 1.82. The molecule has 3 fully saturated rings. The summed E-state index contributed by atoms with van der Waals surface area (Å²) in [5.41, 5.74) is 0.